The van der Waals surface area contributed by atoms with Crippen LogP contribution in [0.25, 0.3) is 0 Å². The second kappa shape index (κ2) is 5.36. The molecule has 0 spiro atoms. The Morgan fingerprint density at radius 2 is 2.00 bits per heavy atom. The highest BCUT2D eigenvalue weighted by atomic mass is 16.2. The van der Waals surface area contributed by atoms with Gasteiger partial charge in [-0.15, -0.1) is 0 Å². The minimum atomic E-state index is 0.0140. The quantitative estimate of drug-likeness (QED) is 0.784. The number of carbonyl (C=O) groups is 1. The van der Waals surface area contributed by atoms with Gasteiger partial charge in [0, 0.05) is 13.1 Å². The Labute approximate surface area is 105 Å². The van der Waals surface area contributed by atoms with Gasteiger partial charge in [-0.1, -0.05) is 20.8 Å². The van der Waals surface area contributed by atoms with Crippen molar-refractivity contribution in [3.8, 4) is 0 Å². The minimum Gasteiger partial charge on any atom is -0.325 e. The van der Waals surface area contributed by atoms with Crippen molar-refractivity contribution in [2.45, 2.75) is 46.3 Å². The Bertz CT molecular complexity index is 276. The van der Waals surface area contributed by atoms with Crippen molar-refractivity contribution >= 4 is 5.91 Å². The predicted octanol–water partition coefficient (Wildman–Crippen LogP) is 1.13. The Morgan fingerprint density at radius 3 is 2.41 bits per heavy atom. The molecule has 0 aromatic carbocycles. The fourth-order valence-corrected chi connectivity index (χ4v) is 2.72. The fraction of sp³-hybridized carbons (Fsp3) is 0.923. The molecule has 0 aliphatic carbocycles. The van der Waals surface area contributed by atoms with Crippen LogP contribution in [-0.2, 0) is 4.79 Å². The molecule has 4 nitrogen and oxygen atoms in total. The van der Waals surface area contributed by atoms with E-state index in [1.165, 1.54) is 0 Å². The van der Waals surface area contributed by atoms with Gasteiger partial charge in [0.15, 0.2) is 0 Å². The highest BCUT2D eigenvalue weighted by molar-refractivity contribution is 5.84. The third-order valence-electron chi connectivity index (χ3n) is 3.24. The Kier molecular flexibility index (Phi) is 4.55. The lowest BCUT2D eigenvalue weighted by Crippen LogP contribution is -2.44. The lowest BCUT2D eigenvalue weighted by Gasteiger charge is -2.34. The van der Waals surface area contributed by atoms with E-state index >= 15 is 0 Å². The van der Waals surface area contributed by atoms with E-state index in [0.717, 1.165) is 19.5 Å². The summed E-state index contributed by atoms with van der Waals surface area (Å²) < 4.78 is 0. The van der Waals surface area contributed by atoms with Crippen LogP contribution in [0.3, 0.4) is 0 Å². The maximum Gasteiger partial charge on any atom is 0.241 e. The van der Waals surface area contributed by atoms with E-state index in [9.17, 15) is 4.79 Å². The summed E-state index contributed by atoms with van der Waals surface area (Å²) in [7, 11) is 4.15. The Hall–Kier alpha value is -0.610. The zero-order valence-electron chi connectivity index (χ0n) is 12.1. The van der Waals surface area contributed by atoms with E-state index in [1.807, 2.05) is 4.90 Å². The van der Waals surface area contributed by atoms with Gasteiger partial charge in [-0.2, -0.15) is 0 Å². The molecule has 1 rings (SSSR count). The average molecular weight is 241 g/mol. The standard InChI is InChI=1S/C13H27N3O/c1-7-11-12(17)16(10(2)14-11)9-13(3,4)8-15(5)6/h10-11,14H,7-9H2,1-6H3. The number of nitrogens with zero attached hydrogens (tertiary/aromatic N) is 2. The molecule has 0 aromatic rings. The predicted molar refractivity (Wildman–Crippen MR) is 70.7 cm³/mol. The van der Waals surface area contributed by atoms with Crippen molar-refractivity contribution < 1.29 is 4.79 Å². The van der Waals surface area contributed by atoms with E-state index in [2.05, 4.69) is 52.0 Å². The first-order chi connectivity index (χ1) is 7.76. The molecule has 4 heteroatoms. The minimum absolute atomic E-state index is 0.0140. The van der Waals surface area contributed by atoms with Crippen LogP contribution in [0.15, 0.2) is 0 Å². The van der Waals surface area contributed by atoms with Gasteiger partial charge >= 0.3 is 0 Å². The largest absolute Gasteiger partial charge is 0.325 e. The Balaban J connectivity index is 2.65. The topological polar surface area (TPSA) is 35.6 Å². The molecule has 1 fully saturated rings. The molecule has 1 saturated heterocycles. The zero-order valence-corrected chi connectivity index (χ0v) is 12.1. The second-order valence-electron chi connectivity index (χ2n) is 6.17. The molecule has 1 aliphatic heterocycles. The molecule has 1 aliphatic rings. The van der Waals surface area contributed by atoms with Crippen LogP contribution in [0, 0.1) is 5.41 Å². The van der Waals surface area contributed by atoms with Gasteiger partial charge in [-0.3, -0.25) is 10.1 Å². The number of rotatable bonds is 5. The maximum absolute atomic E-state index is 12.2. The summed E-state index contributed by atoms with van der Waals surface area (Å²) in [5.41, 5.74) is 0.123. The summed E-state index contributed by atoms with van der Waals surface area (Å²) >= 11 is 0. The molecule has 2 atom stereocenters. The van der Waals surface area contributed by atoms with Crippen LogP contribution in [0.2, 0.25) is 0 Å². The lowest BCUT2D eigenvalue weighted by atomic mass is 9.92. The summed E-state index contributed by atoms with van der Waals surface area (Å²) in [6.07, 6.45) is 1.03. The van der Waals surface area contributed by atoms with Gasteiger partial charge in [0.05, 0.1) is 12.2 Å². The SMILES string of the molecule is CCC1NC(C)N(CC(C)(C)CN(C)C)C1=O. The van der Waals surface area contributed by atoms with Gasteiger partial charge in [0.2, 0.25) is 5.91 Å². The van der Waals surface area contributed by atoms with Crippen molar-refractivity contribution in [3.63, 3.8) is 0 Å². The van der Waals surface area contributed by atoms with Crippen molar-refractivity contribution in [1.82, 2.24) is 15.1 Å². The third-order valence-corrected chi connectivity index (χ3v) is 3.24. The number of nitrogens with one attached hydrogen (secondary N) is 1. The summed E-state index contributed by atoms with van der Waals surface area (Å²) in [6, 6.07) is 0.0140. The maximum atomic E-state index is 12.2. The first-order valence-electron chi connectivity index (χ1n) is 6.48. The van der Waals surface area contributed by atoms with E-state index in [4.69, 9.17) is 0 Å². The normalized spacial score (nSPS) is 26.1. The van der Waals surface area contributed by atoms with Crippen LogP contribution in [0.5, 0.6) is 0 Å². The molecule has 0 radical (unpaired) electrons. The molecule has 0 bridgehead atoms. The highest BCUT2D eigenvalue weighted by Crippen LogP contribution is 2.22. The number of hydrogen-bond acceptors (Lipinski definition) is 3. The summed E-state index contributed by atoms with van der Waals surface area (Å²) in [5.74, 6) is 0.256. The molecule has 2 unspecified atom stereocenters. The smallest absolute Gasteiger partial charge is 0.241 e. The van der Waals surface area contributed by atoms with E-state index in [0.29, 0.717) is 0 Å². The first kappa shape index (κ1) is 14.5. The molecule has 100 valence electrons. The molecule has 1 heterocycles. The fourth-order valence-electron chi connectivity index (χ4n) is 2.72. The van der Waals surface area contributed by atoms with Gasteiger partial charge < -0.3 is 9.80 Å². The van der Waals surface area contributed by atoms with Crippen LogP contribution in [-0.4, -0.2) is 55.1 Å². The Morgan fingerprint density at radius 1 is 1.41 bits per heavy atom. The van der Waals surface area contributed by atoms with E-state index in [1.54, 1.807) is 0 Å². The zero-order chi connectivity index (χ0) is 13.2. The monoisotopic (exact) mass is 241 g/mol. The number of amides is 1. The van der Waals surface area contributed by atoms with Gasteiger partial charge in [-0.25, -0.2) is 0 Å². The van der Waals surface area contributed by atoms with Gasteiger partial charge in [0.25, 0.3) is 0 Å². The van der Waals surface area contributed by atoms with Crippen LogP contribution >= 0.6 is 0 Å². The molecule has 1 N–H and O–H groups in total. The first-order valence-corrected chi connectivity index (χ1v) is 6.48. The summed E-state index contributed by atoms with van der Waals surface area (Å²) in [5, 5.41) is 3.34. The highest BCUT2D eigenvalue weighted by Gasteiger charge is 2.38. The molecule has 1 amide bonds. The second-order valence-corrected chi connectivity index (χ2v) is 6.17. The van der Waals surface area contributed by atoms with Crippen LogP contribution in [0.1, 0.15) is 34.1 Å². The molecule has 0 aromatic heterocycles. The number of hydrogen-bond donors (Lipinski definition) is 1. The van der Waals surface area contributed by atoms with Gasteiger partial charge in [-0.05, 0) is 32.9 Å². The van der Waals surface area contributed by atoms with Gasteiger partial charge in [0.1, 0.15) is 0 Å². The third kappa shape index (κ3) is 3.68. The number of carbonyl (C=O) groups excluding carboxylic acids is 1. The van der Waals surface area contributed by atoms with Crippen molar-refractivity contribution in [3.05, 3.63) is 0 Å². The van der Waals surface area contributed by atoms with E-state index < -0.39 is 0 Å². The van der Waals surface area contributed by atoms with Crippen molar-refractivity contribution in [2.75, 3.05) is 27.2 Å². The molecule has 0 saturated carbocycles. The molecular formula is C13H27N3O. The molecule has 17 heavy (non-hydrogen) atoms. The summed E-state index contributed by atoms with van der Waals surface area (Å²) in [6.45, 7) is 10.4. The van der Waals surface area contributed by atoms with Crippen molar-refractivity contribution in [1.29, 1.82) is 0 Å². The summed E-state index contributed by atoms with van der Waals surface area (Å²) in [4.78, 5) is 16.3. The van der Waals surface area contributed by atoms with Crippen LogP contribution < -0.4 is 5.32 Å². The average Bonchev–Trinajstić information content (AvgIpc) is 2.42. The molecular weight excluding hydrogens is 214 g/mol. The van der Waals surface area contributed by atoms with E-state index in [-0.39, 0.29) is 23.5 Å². The van der Waals surface area contributed by atoms with Crippen molar-refractivity contribution in [2.24, 2.45) is 5.41 Å². The lowest BCUT2D eigenvalue weighted by molar-refractivity contribution is -0.131. The van der Waals surface area contributed by atoms with Crippen LogP contribution in [0.4, 0.5) is 0 Å².